The summed E-state index contributed by atoms with van der Waals surface area (Å²) < 4.78 is 10.5. The average molecular weight is 689 g/mol. The minimum Gasteiger partial charge on any atom is -0.462 e. The zero-order chi connectivity index (χ0) is 36.4. The highest BCUT2D eigenvalue weighted by Gasteiger charge is 2.15. The van der Waals surface area contributed by atoms with E-state index < -0.39 is 12.1 Å². The largest absolute Gasteiger partial charge is 0.462 e. The Labute approximate surface area is 305 Å². The molecule has 278 valence electrons. The molecule has 0 amide bonds. The minimum absolute atomic E-state index is 0.134. The summed E-state index contributed by atoms with van der Waals surface area (Å²) in [5.41, 5.74) is 0. The molecule has 0 rings (SSSR count). The van der Waals surface area contributed by atoms with Crippen LogP contribution in [0.3, 0.4) is 0 Å². The first-order chi connectivity index (χ1) is 24.6. The SMILES string of the molecule is CCC=CCC=CCC=CCC=CCC=CCCCC(=O)OC[C@H](CO)OC(=O)CCC=CCC=CCC=CCC=CCC=CCCCCC. The number of esters is 2. The van der Waals surface area contributed by atoms with Gasteiger partial charge in [-0.2, -0.15) is 0 Å². The maximum Gasteiger partial charge on any atom is 0.306 e. The molecule has 0 radical (unpaired) electrons. The first-order valence-electron chi connectivity index (χ1n) is 19.1. The Kier molecular flexibility index (Phi) is 36.8. The first-order valence-corrected chi connectivity index (χ1v) is 19.1. The number of hydrogen-bond acceptors (Lipinski definition) is 5. The summed E-state index contributed by atoms with van der Waals surface area (Å²) >= 11 is 0. The molecule has 50 heavy (non-hydrogen) atoms. The predicted molar refractivity (Wildman–Crippen MR) is 214 cm³/mol. The van der Waals surface area contributed by atoms with Crippen LogP contribution < -0.4 is 0 Å². The highest BCUT2D eigenvalue weighted by Crippen LogP contribution is 2.05. The van der Waals surface area contributed by atoms with Crippen molar-refractivity contribution in [3.63, 3.8) is 0 Å². The summed E-state index contributed by atoms with van der Waals surface area (Å²) in [4.78, 5) is 24.2. The van der Waals surface area contributed by atoms with Crippen molar-refractivity contribution in [3.8, 4) is 0 Å². The Bertz CT molecular complexity index is 1100. The molecule has 0 saturated heterocycles. The summed E-state index contributed by atoms with van der Waals surface area (Å²) in [6, 6.07) is 0. The van der Waals surface area contributed by atoms with E-state index in [1.807, 2.05) is 12.2 Å². The fourth-order valence-electron chi connectivity index (χ4n) is 4.39. The summed E-state index contributed by atoms with van der Waals surface area (Å²) in [6.45, 7) is 3.85. The Morgan fingerprint density at radius 1 is 0.480 bits per heavy atom. The highest BCUT2D eigenvalue weighted by molar-refractivity contribution is 5.70. The van der Waals surface area contributed by atoms with Crippen molar-refractivity contribution < 1.29 is 24.2 Å². The van der Waals surface area contributed by atoms with Gasteiger partial charge in [-0.05, 0) is 89.9 Å². The molecule has 0 aromatic heterocycles. The molecule has 0 aliphatic heterocycles. The van der Waals surface area contributed by atoms with Gasteiger partial charge in [0, 0.05) is 12.8 Å². The lowest BCUT2D eigenvalue weighted by atomic mass is 10.2. The van der Waals surface area contributed by atoms with E-state index in [9.17, 15) is 14.7 Å². The van der Waals surface area contributed by atoms with E-state index in [4.69, 9.17) is 9.47 Å². The highest BCUT2D eigenvalue weighted by atomic mass is 16.6. The number of allylic oxidation sites excluding steroid dienone is 20. The molecule has 0 heterocycles. The zero-order valence-corrected chi connectivity index (χ0v) is 31.3. The van der Waals surface area contributed by atoms with Crippen LogP contribution in [0.5, 0.6) is 0 Å². The summed E-state index contributed by atoms with van der Waals surface area (Å²) in [5.74, 6) is -0.771. The third kappa shape index (κ3) is 37.1. The maximum atomic E-state index is 12.1. The van der Waals surface area contributed by atoms with Crippen LogP contribution in [0, 0.1) is 0 Å². The molecule has 0 aliphatic carbocycles. The van der Waals surface area contributed by atoms with Crippen LogP contribution in [0.15, 0.2) is 122 Å². The predicted octanol–water partition coefficient (Wildman–Crippen LogP) is 12.1. The van der Waals surface area contributed by atoms with Gasteiger partial charge in [0.15, 0.2) is 6.10 Å². The molecule has 5 heteroatoms. The quantitative estimate of drug-likeness (QED) is 0.0433. The smallest absolute Gasteiger partial charge is 0.306 e. The van der Waals surface area contributed by atoms with E-state index in [0.717, 1.165) is 64.2 Å². The second-order valence-corrected chi connectivity index (χ2v) is 11.9. The molecule has 1 N–H and O–H groups in total. The molecule has 0 aromatic carbocycles. The lowest BCUT2D eigenvalue weighted by Crippen LogP contribution is -2.28. The standard InChI is InChI=1S/C45H68O5/c1-3-5-7-9-11-13-15-17-19-21-22-24-26-28-30-32-34-36-38-40-45(48)50-43(41-46)42-49-44(47)39-37-35-33-31-29-27-25-23-20-18-16-14-12-10-8-6-4-2/h6,8,11-14,17-20,22,24-25,27-28,30-31,33-34,36,43,46H,3-5,7,9-10,15-16,21,23,26,29,32,35,37-42H2,1-2H3/t43-/m0/s1. The Balaban J connectivity index is 3.85. The average Bonchev–Trinajstić information content (AvgIpc) is 3.12. The molecule has 0 bridgehead atoms. The number of carbonyl (C=O) groups excluding carboxylic acids is 2. The van der Waals surface area contributed by atoms with Gasteiger partial charge in [-0.15, -0.1) is 0 Å². The molecule has 0 saturated carbocycles. The number of hydrogen-bond donors (Lipinski definition) is 1. The van der Waals surface area contributed by atoms with Crippen LogP contribution >= 0.6 is 0 Å². The number of unbranched alkanes of at least 4 members (excludes halogenated alkanes) is 4. The van der Waals surface area contributed by atoms with Crippen LogP contribution in [0.1, 0.15) is 129 Å². The van der Waals surface area contributed by atoms with E-state index >= 15 is 0 Å². The Morgan fingerprint density at radius 2 is 0.880 bits per heavy atom. The molecule has 0 fully saturated rings. The third-order valence-corrected chi connectivity index (χ3v) is 7.25. The van der Waals surface area contributed by atoms with Gasteiger partial charge < -0.3 is 14.6 Å². The van der Waals surface area contributed by atoms with Crippen molar-refractivity contribution in [3.05, 3.63) is 122 Å². The number of aliphatic hydroxyl groups excluding tert-OH is 1. The Hall–Kier alpha value is -3.70. The van der Waals surface area contributed by atoms with E-state index in [1.54, 1.807) is 0 Å². The van der Waals surface area contributed by atoms with Gasteiger partial charge in [-0.1, -0.05) is 148 Å². The minimum atomic E-state index is -0.843. The second-order valence-electron chi connectivity index (χ2n) is 11.9. The van der Waals surface area contributed by atoms with Gasteiger partial charge >= 0.3 is 11.9 Å². The van der Waals surface area contributed by atoms with Gasteiger partial charge in [0.1, 0.15) is 6.61 Å². The van der Waals surface area contributed by atoms with Crippen LogP contribution in [-0.4, -0.2) is 36.4 Å². The van der Waals surface area contributed by atoms with Gasteiger partial charge in [0.05, 0.1) is 6.61 Å². The van der Waals surface area contributed by atoms with Crippen molar-refractivity contribution in [2.75, 3.05) is 13.2 Å². The van der Waals surface area contributed by atoms with Crippen molar-refractivity contribution in [1.82, 2.24) is 0 Å². The topological polar surface area (TPSA) is 72.8 Å². The normalized spacial score (nSPS) is 13.6. The third-order valence-electron chi connectivity index (χ3n) is 7.25. The number of aliphatic hydroxyl groups is 1. The summed E-state index contributed by atoms with van der Waals surface area (Å²) in [6.07, 6.45) is 58.4. The van der Waals surface area contributed by atoms with Gasteiger partial charge in [0.2, 0.25) is 0 Å². The molecule has 5 nitrogen and oxygen atoms in total. The lowest BCUT2D eigenvalue weighted by molar-refractivity contribution is -0.161. The second kappa shape index (κ2) is 39.7. The van der Waals surface area contributed by atoms with E-state index in [0.29, 0.717) is 12.8 Å². The van der Waals surface area contributed by atoms with Crippen molar-refractivity contribution in [2.45, 2.75) is 136 Å². The van der Waals surface area contributed by atoms with Crippen molar-refractivity contribution in [2.24, 2.45) is 0 Å². The summed E-state index contributed by atoms with van der Waals surface area (Å²) in [5, 5.41) is 9.53. The fraction of sp³-hybridized carbons (Fsp3) is 0.511. The number of carbonyl (C=O) groups is 2. The molecular weight excluding hydrogens is 620 g/mol. The Morgan fingerprint density at radius 3 is 1.30 bits per heavy atom. The molecule has 0 aliphatic rings. The van der Waals surface area contributed by atoms with Gasteiger partial charge in [0.25, 0.3) is 0 Å². The molecular formula is C45H68O5. The molecule has 0 spiro atoms. The van der Waals surface area contributed by atoms with Crippen LogP contribution in [0.2, 0.25) is 0 Å². The van der Waals surface area contributed by atoms with E-state index in [-0.39, 0.29) is 32.0 Å². The molecule has 0 unspecified atom stereocenters. The van der Waals surface area contributed by atoms with E-state index in [2.05, 4.69) is 123 Å². The molecule has 0 aromatic rings. The van der Waals surface area contributed by atoms with Crippen LogP contribution in [0.25, 0.3) is 0 Å². The summed E-state index contributed by atoms with van der Waals surface area (Å²) in [7, 11) is 0. The maximum absolute atomic E-state index is 12.1. The van der Waals surface area contributed by atoms with Crippen molar-refractivity contribution in [1.29, 1.82) is 0 Å². The van der Waals surface area contributed by atoms with Crippen LogP contribution in [-0.2, 0) is 19.1 Å². The van der Waals surface area contributed by atoms with Crippen LogP contribution in [0.4, 0.5) is 0 Å². The zero-order valence-electron chi connectivity index (χ0n) is 31.3. The lowest BCUT2D eigenvalue weighted by Gasteiger charge is -2.15. The fourth-order valence-corrected chi connectivity index (χ4v) is 4.39. The van der Waals surface area contributed by atoms with Gasteiger partial charge in [-0.3, -0.25) is 9.59 Å². The molecule has 1 atom stereocenters. The number of ether oxygens (including phenoxy) is 2. The van der Waals surface area contributed by atoms with Crippen molar-refractivity contribution >= 4 is 11.9 Å². The first kappa shape index (κ1) is 46.3. The monoisotopic (exact) mass is 689 g/mol. The van der Waals surface area contributed by atoms with Gasteiger partial charge in [-0.25, -0.2) is 0 Å². The number of rotatable bonds is 32. The van der Waals surface area contributed by atoms with E-state index in [1.165, 1.54) is 25.7 Å².